The zero-order valence-corrected chi connectivity index (χ0v) is 25.8. The molecule has 220 valence electrons. The standard InChI is InChI=1S/C30H38ClN5O4S/c1-30(2,3)40-29(39)34-26-20-41-19-23(26)16-27(37)25-10-9-22(17-33-25)18-36(14-13-35(4)5)28(38)32-12-11-21-7-6-8-24(31)15-21/h6-10,15,17,19-20H,11-14,16,18H2,1-5H3,(H,32,38)(H,34,39). The van der Waals surface area contributed by atoms with Crippen molar-refractivity contribution in [3.05, 3.63) is 80.8 Å². The Labute approximate surface area is 250 Å². The van der Waals surface area contributed by atoms with Crippen LogP contribution >= 0.6 is 22.9 Å². The van der Waals surface area contributed by atoms with Crippen LogP contribution in [0.3, 0.4) is 0 Å². The summed E-state index contributed by atoms with van der Waals surface area (Å²) in [5.74, 6) is -0.176. The van der Waals surface area contributed by atoms with E-state index in [1.807, 2.05) is 54.7 Å². The highest BCUT2D eigenvalue weighted by Crippen LogP contribution is 2.23. The monoisotopic (exact) mass is 599 g/mol. The maximum Gasteiger partial charge on any atom is 0.412 e. The second kappa shape index (κ2) is 15.0. The molecular formula is C30H38ClN5O4S. The fourth-order valence-corrected chi connectivity index (χ4v) is 4.84. The van der Waals surface area contributed by atoms with Gasteiger partial charge in [0.25, 0.3) is 0 Å². The number of anilines is 1. The number of ether oxygens (including phenoxy) is 1. The molecule has 0 spiro atoms. The van der Waals surface area contributed by atoms with Crippen LogP contribution in [0.4, 0.5) is 15.3 Å². The molecule has 0 saturated heterocycles. The Hall–Kier alpha value is -3.47. The number of pyridine rings is 1. The van der Waals surface area contributed by atoms with Gasteiger partial charge in [0, 0.05) is 49.2 Å². The quantitative estimate of drug-likeness (QED) is 0.252. The summed E-state index contributed by atoms with van der Waals surface area (Å²) in [6, 6.07) is 10.9. The summed E-state index contributed by atoms with van der Waals surface area (Å²) in [6.45, 7) is 7.43. The third kappa shape index (κ3) is 11.1. The second-order valence-electron chi connectivity index (χ2n) is 10.9. The zero-order chi connectivity index (χ0) is 30.0. The van der Waals surface area contributed by atoms with Crippen molar-refractivity contribution < 1.29 is 19.1 Å². The van der Waals surface area contributed by atoms with E-state index in [1.165, 1.54) is 11.3 Å². The second-order valence-corrected chi connectivity index (χ2v) is 12.1. The van der Waals surface area contributed by atoms with E-state index in [-0.39, 0.29) is 18.2 Å². The van der Waals surface area contributed by atoms with Gasteiger partial charge < -0.3 is 19.9 Å². The van der Waals surface area contributed by atoms with Crippen LogP contribution in [0.2, 0.25) is 5.02 Å². The lowest BCUT2D eigenvalue weighted by Crippen LogP contribution is -2.43. The Morgan fingerprint density at radius 1 is 1.05 bits per heavy atom. The van der Waals surface area contributed by atoms with Crippen molar-refractivity contribution in [1.82, 2.24) is 20.1 Å². The van der Waals surface area contributed by atoms with E-state index in [0.29, 0.717) is 54.6 Å². The third-order valence-corrected chi connectivity index (χ3v) is 6.92. The lowest BCUT2D eigenvalue weighted by Gasteiger charge is -2.25. The van der Waals surface area contributed by atoms with Crippen LogP contribution in [0.15, 0.2) is 53.4 Å². The molecule has 2 N–H and O–H groups in total. The summed E-state index contributed by atoms with van der Waals surface area (Å²) < 4.78 is 5.31. The molecule has 0 unspecified atom stereocenters. The van der Waals surface area contributed by atoms with Crippen molar-refractivity contribution in [3.8, 4) is 0 Å². The SMILES string of the molecule is CN(C)CCN(Cc1ccc(C(=O)Cc2cscc2NC(=O)OC(C)(C)C)nc1)C(=O)NCCc1cccc(Cl)c1. The summed E-state index contributed by atoms with van der Waals surface area (Å²) in [7, 11) is 3.91. The number of halogens is 1. The van der Waals surface area contributed by atoms with Crippen LogP contribution in [0, 0.1) is 0 Å². The summed E-state index contributed by atoms with van der Waals surface area (Å²) in [6.07, 6.45) is 1.82. The van der Waals surface area contributed by atoms with Crippen LogP contribution in [0.5, 0.6) is 0 Å². The average Bonchev–Trinajstić information content (AvgIpc) is 3.31. The van der Waals surface area contributed by atoms with E-state index in [1.54, 1.807) is 43.3 Å². The fraction of sp³-hybridized carbons (Fsp3) is 0.400. The van der Waals surface area contributed by atoms with Gasteiger partial charge in [0.15, 0.2) is 5.78 Å². The molecule has 0 fully saturated rings. The molecule has 0 aliphatic carbocycles. The molecule has 0 atom stereocenters. The molecule has 9 nitrogen and oxygen atoms in total. The Bertz CT molecular complexity index is 1320. The van der Waals surface area contributed by atoms with E-state index in [9.17, 15) is 14.4 Å². The molecule has 3 rings (SSSR count). The lowest BCUT2D eigenvalue weighted by atomic mass is 10.1. The number of thiophene rings is 1. The number of hydrogen-bond donors (Lipinski definition) is 2. The van der Waals surface area contributed by atoms with Crippen molar-refractivity contribution in [1.29, 1.82) is 0 Å². The number of Topliss-reactive ketones (excluding diaryl/α,β-unsaturated/α-hetero) is 1. The number of benzene rings is 1. The van der Waals surface area contributed by atoms with Crippen LogP contribution in [-0.2, 0) is 24.1 Å². The van der Waals surface area contributed by atoms with Crippen molar-refractivity contribution in [2.24, 2.45) is 0 Å². The Morgan fingerprint density at radius 3 is 2.49 bits per heavy atom. The van der Waals surface area contributed by atoms with Gasteiger partial charge >= 0.3 is 12.1 Å². The number of nitrogens with zero attached hydrogens (tertiary/aromatic N) is 3. The van der Waals surface area contributed by atoms with Crippen LogP contribution in [0.25, 0.3) is 0 Å². The number of carbonyl (C=O) groups excluding carboxylic acids is 3. The highest BCUT2D eigenvalue weighted by molar-refractivity contribution is 7.08. The smallest absolute Gasteiger partial charge is 0.412 e. The van der Waals surface area contributed by atoms with Gasteiger partial charge in [-0.05, 0) is 81.6 Å². The number of rotatable bonds is 12. The third-order valence-electron chi connectivity index (χ3n) is 5.90. The van der Waals surface area contributed by atoms with E-state index >= 15 is 0 Å². The van der Waals surface area contributed by atoms with Crippen molar-refractivity contribution >= 4 is 46.5 Å². The topological polar surface area (TPSA) is 104 Å². The van der Waals surface area contributed by atoms with Gasteiger partial charge in [-0.1, -0.05) is 29.8 Å². The Kier molecular flexibility index (Phi) is 11.7. The van der Waals surface area contributed by atoms with E-state index in [0.717, 1.165) is 11.1 Å². The molecule has 0 bridgehead atoms. The van der Waals surface area contributed by atoms with Gasteiger partial charge in [-0.15, -0.1) is 11.3 Å². The van der Waals surface area contributed by atoms with Crippen molar-refractivity contribution in [2.75, 3.05) is 39.0 Å². The number of nitrogens with one attached hydrogen (secondary N) is 2. The summed E-state index contributed by atoms with van der Waals surface area (Å²) >= 11 is 7.45. The van der Waals surface area contributed by atoms with Crippen LogP contribution < -0.4 is 10.6 Å². The van der Waals surface area contributed by atoms with Gasteiger partial charge in [0.05, 0.1) is 5.69 Å². The first kappa shape index (κ1) is 32.0. The minimum Gasteiger partial charge on any atom is -0.444 e. The largest absolute Gasteiger partial charge is 0.444 e. The van der Waals surface area contributed by atoms with Crippen molar-refractivity contribution in [3.63, 3.8) is 0 Å². The lowest BCUT2D eigenvalue weighted by molar-refractivity contribution is 0.0635. The minimum atomic E-state index is -0.624. The van der Waals surface area contributed by atoms with Gasteiger partial charge in [-0.25, -0.2) is 9.59 Å². The maximum atomic E-state index is 13.0. The molecule has 2 aromatic heterocycles. The molecular weight excluding hydrogens is 562 g/mol. The summed E-state index contributed by atoms with van der Waals surface area (Å²) in [4.78, 5) is 46.3. The molecule has 0 radical (unpaired) electrons. The van der Waals surface area contributed by atoms with Crippen LogP contribution in [-0.4, -0.2) is 72.0 Å². The molecule has 0 saturated carbocycles. The molecule has 41 heavy (non-hydrogen) atoms. The molecule has 0 aliphatic heterocycles. The first-order valence-corrected chi connectivity index (χ1v) is 14.7. The molecule has 3 aromatic rings. The molecule has 1 aromatic carbocycles. The van der Waals surface area contributed by atoms with E-state index in [4.69, 9.17) is 16.3 Å². The van der Waals surface area contributed by atoms with Crippen LogP contribution in [0.1, 0.15) is 48.0 Å². The van der Waals surface area contributed by atoms with E-state index in [2.05, 4.69) is 15.6 Å². The summed E-state index contributed by atoms with van der Waals surface area (Å²) in [5.41, 5.74) is 2.80. The van der Waals surface area contributed by atoms with Gasteiger partial charge in [0.2, 0.25) is 0 Å². The number of carbonyl (C=O) groups is 3. The number of amides is 3. The Morgan fingerprint density at radius 2 is 1.83 bits per heavy atom. The zero-order valence-electron chi connectivity index (χ0n) is 24.2. The number of hydrogen-bond acceptors (Lipinski definition) is 7. The highest BCUT2D eigenvalue weighted by atomic mass is 35.5. The van der Waals surface area contributed by atoms with E-state index < -0.39 is 11.7 Å². The first-order valence-electron chi connectivity index (χ1n) is 13.3. The Balaban J connectivity index is 1.59. The molecule has 3 amide bonds. The van der Waals surface area contributed by atoms with Gasteiger partial charge in [-0.3, -0.25) is 15.1 Å². The normalized spacial score (nSPS) is 11.3. The predicted octanol–water partition coefficient (Wildman–Crippen LogP) is 5.88. The van der Waals surface area contributed by atoms with Gasteiger partial charge in [-0.2, -0.15) is 0 Å². The summed E-state index contributed by atoms with van der Waals surface area (Å²) in [5, 5.41) is 9.97. The molecule has 2 heterocycles. The average molecular weight is 600 g/mol. The first-order chi connectivity index (χ1) is 19.4. The fourth-order valence-electron chi connectivity index (χ4n) is 3.84. The maximum absolute atomic E-state index is 13.0. The molecule has 11 heteroatoms. The number of urea groups is 1. The molecule has 0 aliphatic rings. The predicted molar refractivity (Wildman–Crippen MR) is 164 cm³/mol. The minimum absolute atomic E-state index is 0.0883. The van der Waals surface area contributed by atoms with Gasteiger partial charge in [0.1, 0.15) is 11.3 Å². The number of aromatic nitrogens is 1. The van der Waals surface area contributed by atoms with Crippen molar-refractivity contribution in [2.45, 2.75) is 45.8 Å². The number of ketones is 1. The number of likely N-dealkylation sites (N-methyl/N-ethyl adjacent to an activating group) is 1. The highest BCUT2D eigenvalue weighted by Gasteiger charge is 2.19.